The molecule has 1 aliphatic carbocycles. The predicted molar refractivity (Wildman–Crippen MR) is 127 cm³/mol. The zero-order valence-corrected chi connectivity index (χ0v) is 18.7. The molecule has 0 radical (unpaired) electrons. The molecule has 160 valence electrons. The smallest absolute Gasteiger partial charge is 0.257 e. The topological polar surface area (TPSA) is 78.9 Å². The number of aryl methyl sites for hydroxylation is 2. The lowest BCUT2D eigenvalue weighted by molar-refractivity contribution is 0.102. The van der Waals surface area contributed by atoms with Crippen LogP contribution in [0.5, 0.6) is 0 Å². The minimum Gasteiger partial charge on any atom is -0.460 e. The lowest BCUT2D eigenvalue weighted by Crippen LogP contribution is -2.13. The minimum atomic E-state index is -0.237. The zero-order valence-electron chi connectivity index (χ0n) is 17.9. The number of thiophene rings is 1. The van der Waals surface area contributed by atoms with Crippen LogP contribution >= 0.6 is 11.3 Å². The van der Waals surface area contributed by atoms with Gasteiger partial charge in [-0.2, -0.15) is 5.26 Å². The Morgan fingerprint density at radius 2 is 1.94 bits per heavy atom. The van der Waals surface area contributed by atoms with Crippen LogP contribution in [0.1, 0.15) is 57.8 Å². The molecule has 0 atom stereocenters. The number of carbonyl (C=O) groups excluding carboxylic acids is 1. The van der Waals surface area contributed by atoms with Gasteiger partial charge in [0, 0.05) is 10.3 Å². The van der Waals surface area contributed by atoms with Crippen LogP contribution in [-0.2, 0) is 12.8 Å². The number of aromatic nitrogens is 1. The maximum atomic E-state index is 13.5. The number of anilines is 1. The molecule has 0 saturated heterocycles. The number of hydrogen-bond acceptors (Lipinski definition) is 5. The van der Waals surface area contributed by atoms with E-state index < -0.39 is 0 Å². The van der Waals surface area contributed by atoms with Gasteiger partial charge in [0.25, 0.3) is 5.91 Å². The highest BCUT2D eigenvalue weighted by molar-refractivity contribution is 7.16. The monoisotopic (exact) mass is 441 g/mol. The number of nitrogens with zero attached hydrogens (tertiary/aromatic N) is 2. The van der Waals surface area contributed by atoms with E-state index in [-0.39, 0.29) is 5.91 Å². The molecule has 3 aromatic heterocycles. The summed E-state index contributed by atoms with van der Waals surface area (Å²) < 4.78 is 5.75. The van der Waals surface area contributed by atoms with Gasteiger partial charge in [0.05, 0.1) is 16.6 Å². The molecule has 5 rings (SSSR count). The lowest BCUT2D eigenvalue weighted by atomic mass is 9.97. The first-order chi connectivity index (χ1) is 15.6. The average Bonchev–Trinajstić information content (AvgIpc) is 3.35. The maximum Gasteiger partial charge on any atom is 0.257 e. The van der Waals surface area contributed by atoms with Crippen molar-refractivity contribution in [3.8, 4) is 17.5 Å². The fraction of sp³-hybridized carbons (Fsp3) is 0.269. The van der Waals surface area contributed by atoms with E-state index in [0.29, 0.717) is 27.6 Å². The number of pyridine rings is 1. The van der Waals surface area contributed by atoms with E-state index in [1.165, 1.54) is 17.7 Å². The lowest BCUT2D eigenvalue weighted by Gasteiger charge is -2.09. The highest BCUT2D eigenvalue weighted by atomic mass is 32.1. The number of nitrogens with one attached hydrogen (secondary N) is 1. The normalized spacial score (nSPS) is 13.8. The quantitative estimate of drug-likeness (QED) is 0.386. The summed E-state index contributed by atoms with van der Waals surface area (Å²) in [5.41, 5.74) is 3.60. The molecule has 1 amide bonds. The second-order valence-corrected chi connectivity index (χ2v) is 9.28. The Morgan fingerprint density at radius 3 is 2.72 bits per heavy atom. The van der Waals surface area contributed by atoms with Gasteiger partial charge in [-0.05, 0) is 62.4 Å². The van der Waals surface area contributed by atoms with E-state index in [1.54, 1.807) is 17.4 Å². The summed E-state index contributed by atoms with van der Waals surface area (Å²) in [6.07, 6.45) is 6.52. The molecule has 5 nitrogen and oxygen atoms in total. The van der Waals surface area contributed by atoms with Crippen molar-refractivity contribution in [2.75, 3.05) is 5.32 Å². The van der Waals surface area contributed by atoms with Crippen molar-refractivity contribution in [1.82, 2.24) is 4.98 Å². The largest absolute Gasteiger partial charge is 0.460 e. The third kappa shape index (κ3) is 3.80. The summed E-state index contributed by atoms with van der Waals surface area (Å²) in [7, 11) is 0. The van der Waals surface area contributed by atoms with Crippen LogP contribution in [0.2, 0.25) is 0 Å². The molecule has 0 fully saturated rings. The van der Waals surface area contributed by atoms with Gasteiger partial charge in [-0.1, -0.05) is 31.0 Å². The summed E-state index contributed by atoms with van der Waals surface area (Å²) in [4.78, 5) is 19.4. The zero-order chi connectivity index (χ0) is 22.1. The number of hydrogen-bond donors (Lipinski definition) is 1. The van der Waals surface area contributed by atoms with Gasteiger partial charge in [0.1, 0.15) is 22.5 Å². The summed E-state index contributed by atoms with van der Waals surface area (Å²) >= 11 is 1.55. The summed E-state index contributed by atoms with van der Waals surface area (Å²) in [5, 5.41) is 14.3. The number of rotatable bonds is 3. The molecule has 0 spiro atoms. The molecular weight excluding hydrogens is 418 g/mol. The highest BCUT2D eigenvalue weighted by Crippen LogP contribution is 2.37. The van der Waals surface area contributed by atoms with Crippen molar-refractivity contribution >= 4 is 33.1 Å². The molecule has 1 N–H and O–H groups in total. The van der Waals surface area contributed by atoms with E-state index in [0.717, 1.165) is 47.9 Å². The van der Waals surface area contributed by atoms with Crippen LogP contribution in [-0.4, -0.2) is 10.9 Å². The van der Waals surface area contributed by atoms with E-state index in [4.69, 9.17) is 9.40 Å². The van der Waals surface area contributed by atoms with Gasteiger partial charge in [0.2, 0.25) is 0 Å². The Morgan fingerprint density at radius 1 is 1.12 bits per heavy atom. The number of fused-ring (bicyclic) bond motifs is 2. The fourth-order valence-electron chi connectivity index (χ4n) is 4.36. The third-order valence-corrected chi connectivity index (χ3v) is 7.17. The third-order valence-electron chi connectivity index (χ3n) is 5.96. The number of nitriles is 1. The predicted octanol–water partition coefficient (Wildman–Crippen LogP) is 6.65. The molecule has 1 aromatic carbocycles. The molecular formula is C26H23N3O2S. The summed E-state index contributed by atoms with van der Waals surface area (Å²) in [6, 6.07) is 15.5. The first kappa shape index (κ1) is 20.5. The van der Waals surface area contributed by atoms with Gasteiger partial charge < -0.3 is 9.73 Å². The number of carbonyl (C=O) groups is 1. The Labute approximate surface area is 190 Å². The van der Waals surface area contributed by atoms with Gasteiger partial charge >= 0.3 is 0 Å². The van der Waals surface area contributed by atoms with Crippen molar-refractivity contribution < 1.29 is 9.21 Å². The Balaban J connectivity index is 1.56. The number of amides is 1. The van der Waals surface area contributed by atoms with Crippen molar-refractivity contribution in [2.24, 2.45) is 0 Å². The van der Waals surface area contributed by atoms with E-state index in [2.05, 4.69) is 11.4 Å². The standard InChI is InChI=1S/C26H23N3O2S/c1-16-12-13-23(31-16)22-14-19(17-8-6-7-10-21(17)28-22)25(30)29-26-20(15-27)18-9-4-2-3-5-11-24(18)32-26/h6-8,10,12-14H,2-5,9,11H2,1H3,(H,29,30). The molecule has 0 saturated carbocycles. The van der Waals surface area contributed by atoms with Crippen LogP contribution in [0.4, 0.5) is 5.00 Å². The number of benzene rings is 1. The molecule has 1 aliphatic rings. The maximum absolute atomic E-state index is 13.5. The van der Waals surface area contributed by atoms with E-state index >= 15 is 0 Å². The molecule has 0 aliphatic heterocycles. The average molecular weight is 442 g/mol. The van der Waals surface area contributed by atoms with Crippen molar-refractivity contribution in [1.29, 1.82) is 5.26 Å². The van der Waals surface area contributed by atoms with E-state index in [1.807, 2.05) is 43.3 Å². The van der Waals surface area contributed by atoms with Crippen LogP contribution in [0, 0.1) is 18.3 Å². The number of furan rings is 1. The highest BCUT2D eigenvalue weighted by Gasteiger charge is 2.22. The van der Waals surface area contributed by atoms with Crippen LogP contribution in [0.25, 0.3) is 22.4 Å². The van der Waals surface area contributed by atoms with Crippen LogP contribution in [0.3, 0.4) is 0 Å². The van der Waals surface area contributed by atoms with E-state index in [9.17, 15) is 10.1 Å². The SMILES string of the molecule is Cc1ccc(-c2cc(C(=O)Nc3sc4c(c3C#N)CCCCCC4)c3ccccc3n2)o1. The summed E-state index contributed by atoms with van der Waals surface area (Å²) in [6.45, 7) is 1.88. The minimum absolute atomic E-state index is 0.237. The first-order valence-corrected chi connectivity index (χ1v) is 11.8. The molecule has 6 heteroatoms. The van der Waals surface area contributed by atoms with Gasteiger partial charge in [-0.25, -0.2) is 4.98 Å². The van der Waals surface area contributed by atoms with Crippen molar-refractivity contribution in [3.63, 3.8) is 0 Å². The Hall–Kier alpha value is -3.43. The van der Waals surface area contributed by atoms with Crippen LogP contribution < -0.4 is 5.32 Å². The molecule has 32 heavy (non-hydrogen) atoms. The molecule has 3 heterocycles. The fourth-order valence-corrected chi connectivity index (χ4v) is 5.59. The Bertz CT molecular complexity index is 1360. The first-order valence-electron chi connectivity index (χ1n) is 11.0. The van der Waals surface area contributed by atoms with Crippen LogP contribution in [0.15, 0.2) is 46.9 Å². The van der Waals surface area contributed by atoms with Crippen molar-refractivity contribution in [2.45, 2.75) is 45.4 Å². The van der Waals surface area contributed by atoms with Crippen molar-refractivity contribution in [3.05, 3.63) is 69.8 Å². The van der Waals surface area contributed by atoms with Gasteiger partial charge in [-0.3, -0.25) is 4.79 Å². The molecule has 0 unspecified atom stereocenters. The van der Waals surface area contributed by atoms with Gasteiger partial charge in [-0.15, -0.1) is 11.3 Å². The second-order valence-electron chi connectivity index (χ2n) is 8.17. The number of para-hydroxylation sites is 1. The summed E-state index contributed by atoms with van der Waals surface area (Å²) in [5.74, 6) is 1.17. The van der Waals surface area contributed by atoms with Gasteiger partial charge in [0.15, 0.2) is 5.76 Å². The molecule has 4 aromatic rings. The Kier molecular flexibility index (Phi) is 5.50. The molecule has 0 bridgehead atoms. The second kappa shape index (κ2) is 8.60.